The highest BCUT2D eigenvalue weighted by Crippen LogP contribution is 2.50. The van der Waals surface area contributed by atoms with E-state index in [-0.39, 0.29) is 0 Å². The number of fused-ring (bicyclic) bond motifs is 13. The zero-order valence-electron chi connectivity index (χ0n) is 33.9. The predicted molar refractivity (Wildman–Crippen MR) is 262 cm³/mol. The van der Waals surface area contributed by atoms with Gasteiger partial charge >= 0.3 is 0 Å². The molecule has 9 aromatic carbocycles. The Morgan fingerprint density at radius 3 is 1.23 bits per heavy atom. The third kappa shape index (κ3) is 4.75. The van der Waals surface area contributed by atoms with Crippen LogP contribution in [0.4, 0.5) is 0 Å². The van der Waals surface area contributed by atoms with Gasteiger partial charge in [-0.3, -0.25) is 0 Å². The molecule has 0 bridgehead atoms. The summed E-state index contributed by atoms with van der Waals surface area (Å²) < 4.78 is 9.20. The van der Waals surface area contributed by atoms with Crippen molar-refractivity contribution in [2.45, 2.75) is 0 Å². The monoisotopic (exact) mass is 830 g/mol. The summed E-state index contributed by atoms with van der Waals surface area (Å²) in [6.07, 6.45) is 0. The minimum atomic E-state index is 0.347. The Balaban J connectivity index is 1.37. The van der Waals surface area contributed by atoms with Crippen molar-refractivity contribution >= 4 is 96.9 Å². The fourth-order valence-corrected chi connectivity index (χ4v) is 11.5. The van der Waals surface area contributed by atoms with Crippen molar-refractivity contribution in [3.05, 3.63) is 199 Å². The lowest BCUT2D eigenvalue weighted by molar-refractivity contribution is 1.04. The number of hydrogen-bond donors (Lipinski definition) is 0. The molecule has 0 unspecified atom stereocenters. The van der Waals surface area contributed by atoms with Gasteiger partial charge in [-0.15, -0.1) is 11.3 Å². The van der Waals surface area contributed by atoms with Gasteiger partial charge < -0.3 is 13.7 Å². The molecule has 0 aliphatic heterocycles. The first-order chi connectivity index (χ1) is 31.7. The second kappa shape index (κ2) is 13.5. The molecule has 294 valence electrons. The van der Waals surface area contributed by atoms with Crippen molar-refractivity contribution in [1.82, 2.24) is 13.7 Å². The maximum atomic E-state index is 11.9. The minimum Gasteiger partial charge on any atom is -0.306 e. The number of hydrogen-bond acceptors (Lipinski definition) is 4. The van der Waals surface area contributed by atoms with Crippen molar-refractivity contribution in [3.8, 4) is 46.4 Å². The quantitative estimate of drug-likeness (QED) is 0.177. The average Bonchev–Trinajstić information content (AvgIpc) is 4.09. The van der Waals surface area contributed by atoms with Crippen LogP contribution in [0.1, 0.15) is 16.7 Å². The van der Waals surface area contributed by atoms with E-state index in [9.17, 15) is 15.8 Å². The molecule has 0 N–H and O–H groups in total. The third-order valence-electron chi connectivity index (χ3n) is 13.0. The van der Waals surface area contributed by atoms with Crippen molar-refractivity contribution in [2.75, 3.05) is 0 Å². The highest BCUT2D eigenvalue weighted by molar-refractivity contribution is 7.26. The highest BCUT2D eigenvalue weighted by Gasteiger charge is 2.33. The largest absolute Gasteiger partial charge is 0.306 e. The minimum absolute atomic E-state index is 0.347. The van der Waals surface area contributed by atoms with Crippen LogP contribution in [0.15, 0.2) is 182 Å². The summed E-state index contributed by atoms with van der Waals surface area (Å²) in [7, 11) is 0. The van der Waals surface area contributed by atoms with Crippen molar-refractivity contribution in [2.24, 2.45) is 0 Å². The lowest BCUT2D eigenvalue weighted by Crippen LogP contribution is -2.14. The van der Waals surface area contributed by atoms with Gasteiger partial charge in [0.15, 0.2) is 0 Å². The fraction of sp³-hybridized carbons (Fsp3) is 0. The van der Waals surface area contributed by atoms with Crippen LogP contribution in [0.2, 0.25) is 0 Å². The lowest BCUT2D eigenvalue weighted by Gasteiger charge is -2.26. The second-order valence-corrected chi connectivity index (χ2v) is 17.2. The van der Waals surface area contributed by atoms with Gasteiger partial charge in [0.1, 0.15) is 12.1 Å². The molecule has 6 nitrogen and oxygen atoms in total. The molecule has 7 heteroatoms. The number of rotatable bonds is 4. The Morgan fingerprint density at radius 2 is 0.750 bits per heavy atom. The summed E-state index contributed by atoms with van der Waals surface area (Å²) in [6, 6.07) is 69.9. The van der Waals surface area contributed by atoms with Crippen molar-refractivity contribution in [1.29, 1.82) is 15.8 Å². The van der Waals surface area contributed by atoms with Gasteiger partial charge in [-0.2, -0.15) is 15.8 Å². The first-order valence-corrected chi connectivity index (χ1v) is 21.9. The summed E-state index contributed by atoms with van der Waals surface area (Å²) in [5.74, 6) is 0. The topological polar surface area (TPSA) is 86.2 Å². The van der Waals surface area contributed by atoms with E-state index in [0.717, 1.165) is 65.4 Å². The van der Waals surface area contributed by atoms with Gasteiger partial charge in [-0.1, -0.05) is 121 Å². The van der Waals surface area contributed by atoms with Gasteiger partial charge in [0.2, 0.25) is 0 Å². The Kier molecular flexibility index (Phi) is 7.57. The molecule has 4 aromatic heterocycles. The Hall–Kier alpha value is -8.93. The fourth-order valence-electron chi connectivity index (χ4n) is 10.4. The van der Waals surface area contributed by atoms with Crippen LogP contribution in [0.5, 0.6) is 0 Å². The van der Waals surface area contributed by atoms with E-state index in [1.54, 1.807) is 23.5 Å². The standard InChI is InChI=1S/C57H30N6S/c58-31-34-25-27-35(28-26-34)52-42(32-59)55(61-44-19-7-1-13-36(44)37-14-2-8-20-45(37)61)57(56(43(52)33-60)62-46-21-9-3-15-38(46)39-16-4-10-22-47(39)62)63-48-23-11-5-17-40(48)53-49(63)29-30-51-54(53)41-18-6-12-24-50(41)64-51/h1-30H. The summed E-state index contributed by atoms with van der Waals surface area (Å²) in [5, 5.41) is 42.5. The summed E-state index contributed by atoms with van der Waals surface area (Å²) in [5.41, 5.74) is 9.96. The summed E-state index contributed by atoms with van der Waals surface area (Å²) in [4.78, 5) is 0. The number of nitrogens with zero attached hydrogens (tertiary/aromatic N) is 6. The SMILES string of the molecule is N#Cc1ccc(-c2c(C#N)c(-n3c4ccccc4c4ccccc43)c(-n3c4ccccc4c4c5c(ccc43)sc3ccccc35)c(-n3c4ccccc4c4ccccc43)c2C#N)cc1. The maximum absolute atomic E-state index is 11.9. The van der Waals surface area contributed by atoms with Gasteiger partial charge in [0, 0.05) is 58.1 Å². The molecule has 0 aliphatic carbocycles. The zero-order valence-corrected chi connectivity index (χ0v) is 34.7. The smallest absolute Gasteiger partial charge is 0.102 e. The van der Waals surface area contributed by atoms with Crippen LogP contribution in [-0.2, 0) is 0 Å². The van der Waals surface area contributed by atoms with Crippen LogP contribution < -0.4 is 0 Å². The number of nitriles is 3. The average molecular weight is 831 g/mol. The molecule has 0 fully saturated rings. The van der Waals surface area contributed by atoms with Crippen molar-refractivity contribution < 1.29 is 0 Å². The molecule has 0 atom stereocenters. The normalized spacial score (nSPS) is 11.7. The van der Waals surface area contributed by atoms with E-state index in [1.165, 1.54) is 20.2 Å². The number of para-hydroxylation sites is 5. The van der Waals surface area contributed by atoms with Crippen LogP contribution in [0.25, 0.3) is 114 Å². The first kappa shape index (κ1) is 35.8. The summed E-state index contributed by atoms with van der Waals surface area (Å²) in [6.45, 7) is 0. The molecule has 0 radical (unpaired) electrons. The second-order valence-electron chi connectivity index (χ2n) is 16.1. The zero-order chi connectivity index (χ0) is 42.6. The third-order valence-corrected chi connectivity index (χ3v) is 14.1. The van der Waals surface area contributed by atoms with E-state index < -0.39 is 0 Å². The Morgan fingerprint density at radius 1 is 0.328 bits per heavy atom. The van der Waals surface area contributed by atoms with Gasteiger partial charge in [0.25, 0.3) is 0 Å². The first-order valence-electron chi connectivity index (χ1n) is 21.0. The van der Waals surface area contributed by atoms with Gasteiger partial charge in [-0.25, -0.2) is 0 Å². The molecule has 13 rings (SSSR count). The van der Waals surface area contributed by atoms with Crippen LogP contribution in [0.3, 0.4) is 0 Å². The Bertz CT molecular complexity index is 4030. The van der Waals surface area contributed by atoms with Crippen LogP contribution in [-0.4, -0.2) is 13.7 Å². The molecule has 4 heterocycles. The molecular weight excluding hydrogens is 801 g/mol. The lowest BCUT2D eigenvalue weighted by atomic mass is 9.90. The molecule has 64 heavy (non-hydrogen) atoms. The molecule has 0 spiro atoms. The van der Waals surface area contributed by atoms with E-state index in [0.29, 0.717) is 44.9 Å². The van der Waals surface area contributed by atoms with E-state index in [1.807, 2.05) is 36.4 Å². The van der Waals surface area contributed by atoms with Crippen LogP contribution >= 0.6 is 11.3 Å². The molecule has 0 saturated heterocycles. The molecule has 0 aliphatic rings. The van der Waals surface area contributed by atoms with Gasteiger partial charge in [-0.05, 0) is 66.2 Å². The number of aromatic nitrogens is 3. The predicted octanol–water partition coefficient (Wildman–Crippen LogP) is 14.6. The molecular formula is C57H30N6S. The van der Waals surface area contributed by atoms with E-state index >= 15 is 0 Å². The van der Waals surface area contributed by atoms with Crippen LogP contribution in [0, 0.1) is 34.0 Å². The Labute approximate surface area is 369 Å². The van der Waals surface area contributed by atoms with Gasteiger partial charge in [0.05, 0.1) is 72.9 Å². The molecule has 0 amide bonds. The summed E-state index contributed by atoms with van der Waals surface area (Å²) >= 11 is 1.79. The molecule has 13 aromatic rings. The number of thiophene rings is 1. The maximum Gasteiger partial charge on any atom is 0.102 e. The van der Waals surface area contributed by atoms with E-state index in [2.05, 4.69) is 165 Å². The molecule has 0 saturated carbocycles. The van der Waals surface area contributed by atoms with E-state index in [4.69, 9.17) is 0 Å². The van der Waals surface area contributed by atoms with Crippen molar-refractivity contribution in [3.63, 3.8) is 0 Å². The number of benzene rings is 9. The highest BCUT2D eigenvalue weighted by atomic mass is 32.1.